The van der Waals surface area contributed by atoms with Crippen molar-refractivity contribution in [3.63, 3.8) is 0 Å². The third kappa shape index (κ3) is 4.73. The molecule has 0 aromatic heterocycles. The Morgan fingerprint density at radius 2 is 1.96 bits per heavy atom. The lowest BCUT2D eigenvalue weighted by Gasteiger charge is -2.41. The van der Waals surface area contributed by atoms with Gasteiger partial charge in [0.15, 0.2) is 0 Å². The number of halogens is 2. The van der Waals surface area contributed by atoms with Gasteiger partial charge in [0, 0.05) is 33.7 Å². The maximum atomic E-state index is 14.5. The van der Waals surface area contributed by atoms with Crippen molar-refractivity contribution in [2.45, 2.75) is 29.3 Å². The van der Waals surface area contributed by atoms with Crippen LogP contribution >= 0.6 is 27.7 Å². The van der Waals surface area contributed by atoms with E-state index in [9.17, 15) is 9.18 Å². The molecular formula is C21H22BrFO3S. The number of carbonyl (C=O) groups excluding carboxylic acids is 1. The summed E-state index contributed by atoms with van der Waals surface area (Å²) in [6.07, 6.45) is 2.32. The standard InChI is InChI=1S/C21H22BrFO3S/c1-25-17-5-2-15(3-6-17)14-27-21(8-10-26-11-9-21)19(13-24)18-12-16(22)4-7-20(18)23/h2-7,12-13,19H,8-11,14H2,1H3. The number of hydrogen-bond donors (Lipinski definition) is 0. The van der Waals surface area contributed by atoms with Gasteiger partial charge in [-0.05, 0) is 48.7 Å². The number of hydrogen-bond acceptors (Lipinski definition) is 4. The number of methoxy groups -OCH3 is 1. The average Bonchev–Trinajstić information content (AvgIpc) is 2.71. The average molecular weight is 453 g/mol. The van der Waals surface area contributed by atoms with Crippen molar-refractivity contribution in [1.29, 1.82) is 0 Å². The Bertz CT molecular complexity index is 775. The number of carbonyl (C=O) groups is 1. The van der Waals surface area contributed by atoms with Crippen molar-refractivity contribution < 1.29 is 18.7 Å². The molecule has 1 unspecified atom stereocenters. The molecule has 1 aliphatic rings. The van der Waals surface area contributed by atoms with E-state index in [2.05, 4.69) is 15.9 Å². The van der Waals surface area contributed by atoms with E-state index in [0.29, 0.717) is 31.6 Å². The van der Waals surface area contributed by atoms with Crippen LogP contribution in [-0.4, -0.2) is 31.4 Å². The van der Waals surface area contributed by atoms with Gasteiger partial charge >= 0.3 is 0 Å². The van der Waals surface area contributed by atoms with Crippen LogP contribution in [0.1, 0.15) is 29.9 Å². The van der Waals surface area contributed by atoms with E-state index in [0.717, 1.165) is 27.8 Å². The van der Waals surface area contributed by atoms with Crippen LogP contribution in [0.5, 0.6) is 5.75 Å². The predicted octanol–water partition coefficient (Wildman–Crippen LogP) is 5.36. The molecule has 1 atom stereocenters. The first-order valence-electron chi connectivity index (χ1n) is 8.83. The first-order chi connectivity index (χ1) is 13.1. The van der Waals surface area contributed by atoms with E-state index >= 15 is 0 Å². The number of ether oxygens (including phenoxy) is 2. The summed E-state index contributed by atoms with van der Waals surface area (Å²) >= 11 is 5.12. The van der Waals surface area contributed by atoms with Crippen LogP contribution in [0.3, 0.4) is 0 Å². The van der Waals surface area contributed by atoms with Gasteiger partial charge in [-0.25, -0.2) is 4.39 Å². The molecule has 1 heterocycles. The summed E-state index contributed by atoms with van der Waals surface area (Å²) in [5.74, 6) is 0.684. The third-order valence-corrected chi connectivity index (χ3v) is 7.23. The largest absolute Gasteiger partial charge is 0.497 e. The highest BCUT2D eigenvalue weighted by Crippen LogP contribution is 2.48. The first kappa shape index (κ1) is 20.4. The fourth-order valence-electron chi connectivity index (χ4n) is 3.44. The van der Waals surface area contributed by atoms with Crippen LogP contribution in [0.2, 0.25) is 0 Å². The van der Waals surface area contributed by atoms with Gasteiger partial charge in [0.1, 0.15) is 17.9 Å². The Hall–Kier alpha value is -1.37. The maximum absolute atomic E-state index is 14.5. The van der Waals surface area contributed by atoms with E-state index in [-0.39, 0.29) is 10.6 Å². The van der Waals surface area contributed by atoms with Gasteiger partial charge in [0.05, 0.1) is 13.0 Å². The van der Waals surface area contributed by atoms with Gasteiger partial charge in [-0.1, -0.05) is 28.1 Å². The van der Waals surface area contributed by atoms with Crippen molar-refractivity contribution in [2.75, 3.05) is 20.3 Å². The summed E-state index contributed by atoms with van der Waals surface area (Å²) in [5.41, 5.74) is 1.59. The zero-order chi connectivity index (χ0) is 19.3. The van der Waals surface area contributed by atoms with Crippen LogP contribution < -0.4 is 4.74 Å². The lowest BCUT2D eigenvalue weighted by molar-refractivity contribution is -0.110. The highest BCUT2D eigenvalue weighted by Gasteiger charge is 2.42. The number of thioether (sulfide) groups is 1. The molecule has 3 rings (SSSR count). The summed E-state index contributed by atoms with van der Waals surface area (Å²) < 4.78 is 25.7. The topological polar surface area (TPSA) is 35.5 Å². The summed E-state index contributed by atoms with van der Waals surface area (Å²) in [4.78, 5) is 12.1. The molecule has 2 aromatic carbocycles. The SMILES string of the molecule is COc1ccc(CSC2(C(C=O)c3cc(Br)ccc3F)CCOCC2)cc1. The molecule has 1 aliphatic heterocycles. The molecule has 1 fully saturated rings. The zero-order valence-electron chi connectivity index (χ0n) is 15.1. The quantitative estimate of drug-likeness (QED) is 0.529. The molecule has 0 radical (unpaired) electrons. The lowest BCUT2D eigenvalue weighted by Crippen LogP contribution is -2.40. The molecule has 0 aliphatic carbocycles. The Kier molecular flexibility index (Phi) is 6.95. The van der Waals surface area contributed by atoms with Crippen LogP contribution in [0.15, 0.2) is 46.9 Å². The zero-order valence-corrected chi connectivity index (χ0v) is 17.5. The number of benzene rings is 2. The molecule has 2 aromatic rings. The van der Waals surface area contributed by atoms with Gasteiger partial charge in [-0.3, -0.25) is 0 Å². The summed E-state index contributed by atoms with van der Waals surface area (Å²) in [7, 11) is 1.64. The molecule has 0 amide bonds. The summed E-state index contributed by atoms with van der Waals surface area (Å²) in [6, 6.07) is 12.7. The van der Waals surface area contributed by atoms with Crippen molar-refractivity contribution in [1.82, 2.24) is 0 Å². The number of aldehydes is 1. The van der Waals surface area contributed by atoms with E-state index < -0.39 is 5.92 Å². The van der Waals surface area contributed by atoms with Crippen molar-refractivity contribution >= 4 is 34.0 Å². The highest BCUT2D eigenvalue weighted by molar-refractivity contribution is 9.10. The van der Waals surface area contributed by atoms with Crippen LogP contribution in [-0.2, 0) is 15.3 Å². The minimum absolute atomic E-state index is 0.341. The predicted molar refractivity (Wildman–Crippen MR) is 110 cm³/mol. The minimum Gasteiger partial charge on any atom is -0.497 e. The monoisotopic (exact) mass is 452 g/mol. The summed E-state index contributed by atoms with van der Waals surface area (Å²) in [6.45, 7) is 1.16. The lowest BCUT2D eigenvalue weighted by atomic mass is 9.81. The minimum atomic E-state index is -0.526. The molecule has 1 saturated heterocycles. The molecular weight excluding hydrogens is 431 g/mol. The molecule has 0 N–H and O–H groups in total. The molecule has 0 saturated carbocycles. The van der Waals surface area contributed by atoms with Gasteiger partial charge in [-0.15, -0.1) is 11.8 Å². The fourth-order valence-corrected chi connectivity index (χ4v) is 5.29. The van der Waals surface area contributed by atoms with Gasteiger partial charge < -0.3 is 14.3 Å². The third-order valence-electron chi connectivity index (χ3n) is 5.02. The molecule has 3 nitrogen and oxygen atoms in total. The van der Waals surface area contributed by atoms with Gasteiger partial charge in [0.25, 0.3) is 0 Å². The Morgan fingerprint density at radius 1 is 1.26 bits per heavy atom. The van der Waals surface area contributed by atoms with Gasteiger partial charge in [-0.2, -0.15) is 0 Å². The van der Waals surface area contributed by atoms with E-state index in [1.807, 2.05) is 24.3 Å². The van der Waals surface area contributed by atoms with E-state index in [1.165, 1.54) is 6.07 Å². The van der Waals surface area contributed by atoms with Gasteiger partial charge in [0.2, 0.25) is 0 Å². The van der Waals surface area contributed by atoms with Crippen molar-refractivity contribution in [2.24, 2.45) is 0 Å². The normalized spacial score (nSPS) is 17.3. The van der Waals surface area contributed by atoms with Crippen LogP contribution in [0.4, 0.5) is 4.39 Å². The molecule has 144 valence electrons. The van der Waals surface area contributed by atoms with Crippen LogP contribution in [0.25, 0.3) is 0 Å². The Labute approximate surface area is 171 Å². The molecule has 6 heteroatoms. The molecule has 0 spiro atoms. The maximum Gasteiger partial charge on any atom is 0.128 e. The molecule has 27 heavy (non-hydrogen) atoms. The Balaban J connectivity index is 1.88. The van der Waals surface area contributed by atoms with E-state index in [1.54, 1.807) is 31.0 Å². The molecule has 0 bridgehead atoms. The fraction of sp³-hybridized carbons (Fsp3) is 0.381. The second kappa shape index (κ2) is 9.22. The second-order valence-electron chi connectivity index (χ2n) is 6.59. The smallest absolute Gasteiger partial charge is 0.128 e. The first-order valence-corrected chi connectivity index (χ1v) is 10.6. The number of rotatable bonds is 7. The van der Waals surface area contributed by atoms with E-state index in [4.69, 9.17) is 9.47 Å². The second-order valence-corrected chi connectivity index (χ2v) is 8.90. The van der Waals surface area contributed by atoms with Crippen molar-refractivity contribution in [3.05, 3.63) is 63.9 Å². The van der Waals surface area contributed by atoms with Crippen molar-refractivity contribution in [3.8, 4) is 5.75 Å². The summed E-state index contributed by atoms with van der Waals surface area (Å²) in [5, 5.41) is 0. The highest BCUT2D eigenvalue weighted by atomic mass is 79.9. The van der Waals surface area contributed by atoms with Crippen LogP contribution in [0, 0.1) is 5.82 Å². The Morgan fingerprint density at radius 3 is 2.59 bits per heavy atom.